The van der Waals surface area contributed by atoms with Gasteiger partial charge in [0, 0.05) is 49.1 Å². The predicted octanol–water partition coefficient (Wildman–Crippen LogP) is 3.50. The Morgan fingerprint density at radius 2 is 1.84 bits per heavy atom. The van der Waals surface area contributed by atoms with Crippen LogP contribution >= 0.6 is 11.6 Å². The predicted molar refractivity (Wildman–Crippen MR) is 118 cm³/mol. The van der Waals surface area contributed by atoms with E-state index in [2.05, 4.69) is 9.88 Å². The SMILES string of the molecule is CCc1nc(N2CCN(S(=O)(=O)c3ccc(F)cc3OC)CC2)c2ccc(Cl)cc2n1. The molecule has 1 fully saturated rings. The summed E-state index contributed by atoms with van der Waals surface area (Å²) in [6.07, 6.45) is 0.675. The lowest BCUT2D eigenvalue weighted by Crippen LogP contribution is -2.49. The van der Waals surface area contributed by atoms with Crippen molar-refractivity contribution in [3.8, 4) is 5.75 Å². The molecule has 3 aromatic rings. The Kier molecular flexibility index (Phi) is 6.00. The highest BCUT2D eigenvalue weighted by Gasteiger charge is 2.32. The van der Waals surface area contributed by atoms with Crippen molar-refractivity contribution in [1.29, 1.82) is 0 Å². The summed E-state index contributed by atoms with van der Waals surface area (Å²) in [6.45, 7) is 3.43. The Bertz CT molecular complexity index is 1230. The summed E-state index contributed by atoms with van der Waals surface area (Å²) in [6, 6.07) is 8.93. The first-order valence-corrected chi connectivity index (χ1v) is 11.7. The number of methoxy groups -OCH3 is 1. The van der Waals surface area contributed by atoms with Crippen molar-refractivity contribution in [2.24, 2.45) is 0 Å². The van der Waals surface area contributed by atoms with Crippen LogP contribution in [0.1, 0.15) is 12.7 Å². The zero-order valence-corrected chi connectivity index (χ0v) is 18.7. The van der Waals surface area contributed by atoms with E-state index in [1.54, 1.807) is 6.07 Å². The average Bonchev–Trinajstić information content (AvgIpc) is 2.77. The molecule has 0 N–H and O–H groups in total. The fourth-order valence-electron chi connectivity index (χ4n) is 3.67. The van der Waals surface area contributed by atoms with Gasteiger partial charge in [0.2, 0.25) is 10.0 Å². The molecule has 0 atom stereocenters. The second kappa shape index (κ2) is 8.57. The lowest BCUT2D eigenvalue weighted by Gasteiger charge is -2.35. The van der Waals surface area contributed by atoms with Gasteiger partial charge in [-0.25, -0.2) is 22.8 Å². The lowest BCUT2D eigenvalue weighted by molar-refractivity contribution is 0.372. The summed E-state index contributed by atoms with van der Waals surface area (Å²) in [7, 11) is -2.50. The standard InChI is InChI=1S/C21H22ClFN4O3S/c1-3-20-24-17-12-14(22)4-6-16(17)21(25-20)26-8-10-27(11-9-26)31(28,29)19-7-5-15(23)13-18(19)30-2/h4-7,12-13H,3,8-11H2,1-2H3. The summed E-state index contributed by atoms with van der Waals surface area (Å²) in [5, 5.41) is 1.47. The van der Waals surface area contributed by atoms with Crippen LogP contribution in [0.3, 0.4) is 0 Å². The first kappa shape index (κ1) is 21.7. The quantitative estimate of drug-likeness (QED) is 0.575. The molecular weight excluding hydrogens is 443 g/mol. The van der Waals surface area contributed by atoms with Crippen molar-refractivity contribution >= 4 is 38.3 Å². The summed E-state index contributed by atoms with van der Waals surface area (Å²) >= 11 is 6.13. The zero-order chi connectivity index (χ0) is 22.2. The Morgan fingerprint density at radius 3 is 2.52 bits per heavy atom. The van der Waals surface area contributed by atoms with Gasteiger partial charge in [0.25, 0.3) is 0 Å². The van der Waals surface area contributed by atoms with E-state index < -0.39 is 15.8 Å². The molecule has 0 spiro atoms. The summed E-state index contributed by atoms with van der Waals surface area (Å²) < 4.78 is 46.3. The summed E-state index contributed by atoms with van der Waals surface area (Å²) in [4.78, 5) is 11.3. The van der Waals surface area contributed by atoms with Crippen molar-refractivity contribution in [2.75, 3.05) is 38.2 Å². The van der Waals surface area contributed by atoms with E-state index in [-0.39, 0.29) is 23.7 Å². The van der Waals surface area contributed by atoms with Crippen LogP contribution in [0.4, 0.5) is 10.2 Å². The topological polar surface area (TPSA) is 75.6 Å². The fraction of sp³-hybridized carbons (Fsp3) is 0.333. The number of rotatable bonds is 5. The molecule has 1 aromatic heterocycles. The summed E-state index contributed by atoms with van der Waals surface area (Å²) in [5.41, 5.74) is 0.764. The van der Waals surface area contributed by atoms with Crippen molar-refractivity contribution in [2.45, 2.75) is 18.2 Å². The lowest BCUT2D eigenvalue weighted by atomic mass is 10.2. The van der Waals surface area contributed by atoms with Crippen LogP contribution in [0.15, 0.2) is 41.3 Å². The number of aromatic nitrogens is 2. The Balaban J connectivity index is 1.61. The number of fused-ring (bicyclic) bond motifs is 1. The highest BCUT2D eigenvalue weighted by atomic mass is 35.5. The number of aryl methyl sites for hydroxylation is 1. The van der Waals surface area contributed by atoms with Gasteiger partial charge in [-0.2, -0.15) is 4.31 Å². The Labute approximate surface area is 185 Å². The molecule has 4 rings (SSSR count). The summed E-state index contributed by atoms with van der Waals surface area (Å²) in [5.74, 6) is 0.919. The third-order valence-corrected chi connectivity index (χ3v) is 7.46. The highest BCUT2D eigenvalue weighted by Crippen LogP contribution is 2.31. The molecule has 7 nitrogen and oxygen atoms in total. The largest absolute Gasteiger partial charge is 0.495 e. The van der Waals surface area contributed by atoms with Gasteiger partial charge in [-0.05, 0) is 30.3 Å². The number of hydrogen-bond donors (Lipinski definition) is 0. The number of nitrogens with zero attached hydrogens (tertiary/aromatic N) is 4. The van der Waals surface area contributed by atoms with Crippen LogP contribution in [0.25, 0.3) is 10.9 Å². The minimum atomic E-state index is -3.82. The van der Waals surface area contributed by atoms with Crippen LogP contribution < -0.4 is 9.64 Å². The number of anilines is 1. The molecule has 2 heterocycles. The highest BCUT2D eigenvalue weighted by molar-refractivity contribution is 7.89. The maximum Gasteiger partial charge on any atom is 0.246 e. The van der Waals surface area contributed by atoms with Crippen molar-refractivity contribution in [1.82, 2.24) is 14.3 Å². The number of ether oxygens (including phenoxy) is 1. The van der Waals surface area contributed by atoms with E-state index in [1.807, 2.05) is 19.1 Å². The number of benzene rings is 2. The third kappa shape index (κ3) is 4.17. The van der Waals surface area contributed by atoms with Crippen LogP contribution in [-0.4, -0.2) is 56.0 Å². The maximum atomic E-state index is 13.5. The Morgan fingerprint density at radius 1 is 1.10 bits per heavy atom. The maximum absolute atomic E-state index is 13.5. The van der Waals surface area contributed by atoms with Gasteiger partial charge < -0.3 is 9.64 Å². The van der Waals surface area contributed by atoms with Gasteiger partial charge in [0.1, 0.15) is 28.1 Å². The molecule has 10 heteroatoms. The van der Waals surface area contributed by atoms with E-state index in [9.17, 15) is 12.8 Å². The molecule has 0 unspecified atom stereocenters. The van der Waals surface area contributed by atoms with E-state index in [0.717, 1.165) is 28.9 Å². The van der Waals surface area contributed by atoms with Crippen LogP contribution in [0.5, 0.6) is 5.75 Å². The number of halogens is 2. The molecule has 1 saturated heterocycles. The second-order valence-corrected chi connectivity index (χ2v) is 9.51. The van der Waals surface area contributed by atoms with Gasteiger partial charge in [-0.15, -0.1) is 0 Å². The van der Waals surface area contributed by atoms with Crippen LogP contribution in [0.2, 0.25) is 5.02 Å². The smallest absolute Gasteiger partial charge is 0.246 e. The van der Waals surface area contributed by atoms with E-state index in [0.29, 0.717) is 30.4 Å². The van der Waals surface area contributed by atoms with Gasteiger partial charge in [-0.1, -0.05) is 18.5 Å². The normalized spacial score (nSPS) is 15.4. The van der Waals surface area contributed by atoms with Gasteiger partial charge in [0.05, 0.1) is 12.6 Å². The number of hydrogen-bond acceptors (Lipinski definition) is 6. The van der Waals surface area contributed by atoms with Gasteiger partial charge in [-0.3, -0.25) is 0 Å². The molecular formula is C21H22ClFN4O3S. The van der Waals surface area contributed by atoms with E-state index >= 15 is 0 Å². The number of sulfonamides is 1. The second-order valence-electron chi connectivity index (χ2n) is 7.16. The molecule has 0 aliphatic carbocycles. The molecule has 2 aromatic carbocycles. The van der Waals surface area contributed by atoms with Crippen molar-refractivity contribution in [3.63, 3.8) is 0 Å². The minimum absolute atomic E-state index is 0.00584. The fourth-order valence-corrected chi connectivity index (χ4v) is 5.39. The van der Waals surface area contributed by atoms with Crippen molar-refractivity contribution in [3.05, 3.63) is 53.1 Å². The van der Waals surface area contributed by atoms with Gasteiger partial charge >= 0.3 is 0 Å². The third-order valence-electron chi connectivity index (χ3n) is 5.28. The van der Waals surface area contributed by atoms with Crippen molar-refractivity contribution < 1.29 is 17.5 Å². The monoisotopic (exact) mass is 464 g/mol. The molecule has 164 valence electrons. The van der Waals surface area contributed by atoms with E-state index in [4.69, 9.17) is 21.3 Å². The first-order valence-electron chi connectivity index (χ1n) is 9.88. The molecule has 0 radical (unpaired) electrons. The minimum Gasteiger partial charge on any atom is -0.495 e. The number of piperazine rings is 1. The average molecular weight is 465 g/mol. The van der Waals surface area contributed by atoms with Crippen LogP contribution in [0, 0.1) is 5.82 Å². The van der Waals surface area contributed by atoms with Gasteiger partial charge in [0.15, 0.2) is 0 Å². The molecule has 0 bridgehead atoms. The Hall–Kier alpha value is -2.49. The molecule has 0 amide bonds. The molecule has 31 heavy (non-hydrogen) atoms. The molecule has 1 aliphatic rings. The molecule has 1 aliphatic heterocycles. The van der Waals surface area contributed by atoms with E-state index in [1.165, 1.54) is 17.5 Å². The van der Waals surface area contributed by atoms with Crippen LogP contribution in [-0.2, 0) is 16.4 Å². The zero-order valence-electron chi connectivity index (χ0n) is 17.2. The molecule has 0 saturated carbocycles. The first-order chi connectivity index (χ1) is 14.8.